The van der Waals surface area contributed by atoms with Crippen LogP contribution >= 0.6 is 0 Å². The van der Waals surface area contributed by atoms with E-state index in [2.05, 4.69) is 10.0 Å². The number of hydrogen-bond donors (Lipinski definition) is 0. The fraction of sp³-hybridized carbons (Fsp3) is 0.464. The fourth-order valence-corrected chi connectivity index (χ4v) is 5.11. The molecule has 7 heteroatoms. The molecule has 0 aromatic heterocycles. The molecule has 0 N–H and O–H groups in total. The van der Waals surface area contributed by atoms with E-state index in [4.69, 9.17) is 4.74 Å². The molecular weight excluding hydrogens is 440 g/mol. The highest BCUT2D eigenvalue weighted by Crippen LogP contribution is 2.35. The molecule has 2 aliphatic heterocycles. The maximum atomic E-state index is 13.7. The van der Waals surface area contributed by atoms with Gasteiger partial charge >= 0.3 is 0 Å². The Labute approximate surface area is 208 Å². The van der Waals surface area contributed by atoms with Crippen LogP contribution in [0.4, 0.5) is 5.69 Å². The lowest BCUT2D eigenvalue weighted by Crippen LogP contribution is -2.56. The van der Waals surface area contributed by atoms with E-state index in [1.165, 1.54) is 5.01 Å². The number of piperazine rings is 1. The van der Waals surface area contributed by atoms with Crippen molar-refractivity contribution in [2.45, 2.75) is 46.1 Å². The Kier molecular flexibility index (Phi) is 7.43. The smallest absolute Gasteiger partial charge is 0.251 e. The van der Waals surface area contributed by atoms with Gasteiger partial charge in [0.25, 0.3) is 5.91 Å². The molecule has 0 aliphatic carbocycles. The molecule has 3 atom stereocenters. The summed E-state index contributed by atoms with van der Waals surface area (Å²) in [6.45, 7) is 10.7. The minimum atomic E-state index is -0.594. The van der Waals surface area contributed by atoms with E-state index < -0.39 is 6.04 Å². The molecule has 2 heterocycles. The number of rotatable bonds is 6. The van der Waals surface area contributed by atoms with Gasteiger partial charge in [0.1, 0.15) is 11.8 Å². The highest BCUT2D eigenvalue weighted by molar-refractivity contribution is 5.99. The van der Waals surface area contributed by atoms with Crippen molar-refractivity contribution in [3.63, 3.8) is 0 Å². The summed E-state index contributed by atoms with van der Waals surface area (Å²) in [4.78, 5) is 31.5. The third-order valence-corrected chi connectivity index (χ3v) is 7.44. The Morgan fingerprint density at radius 2 is 1.71 bits per heavy atom. The first-order valence-corrected chi connectivity index (χ1v) is 12.5. The summed E-state index contributed by atoms with van der Waals surface area (Å²) < 4.78 is 5.25. The topological polar surface area (TPSA) is 65.5 Å². The van der Waals surface area contributed by atoms with Crippen LogP contribution in [0.3, 0.4) is 0 Å². The van der Waals surface area contributed by atoms with E-state index >= 15 is 0 Å². The van der Waals surface area contributed by atoms with Crippen LogP contribution in [-0.2, 0) is 9.59 Å². The Bertz CT molecular complexity index is 1090. The zero-order chi connectivity index (χ0) is 25.1. The van der Waals surface area contributed by atoms with Crippen LogP contribution in [0.25, 0.3) is 0 Å². The standard InChI is InChI=1S/C28H36N4O3/c1-6-25(27(33)31-17-15-30(16-18-31)22-11-13-23(35-5)14-12-22)32-28(34)26(20(3)21(4)29-32)24-10-8-7-9-19(24)2/h7-14,20,25-26H,6,15-18H2,1-5H3. The van der Waals surface area contributed by atoms with Crippen molar-refractivity contribution >= 4 is 23.2 Å². The molecule has 1 fully saturated rings. The largest absolute Gasteiger partial charge is 0.497 e. The van der Waals surface area contributed by atoms with Crippen LogP contribution in [0.1, 0.15) is 44.2 Å². The predicted octanol–water partition coefficient (Wildman–Crippen LogP) is 4.07. The molecule has 2 aliphatic rings. The number of carbonyl (C=O) groups is 2. The van der Waals surface area contributed by atoms with Crippen molar-refractivity contribution in [1.29, 1.82) is 0 Å². The minimum absolute atomic E-state index is 0.0134. The van der Waals surface area contributed by atoms with Crippen molar-refractivity contribution < 1.29 is 14.3 Å². The zero-order valence-electron chi connectivity index (χ0n) is 21.4. The van der Waals surface area contributed by atoms with Crippen LogP contribution in [0.15, 0.2) is 53.6 Å². The molecule has 2 aromatic carbocycles. The molecular formula is C28H36N4O3. The number of methoxy groups -OCH3 is 1. The van der Waals surface area contributed by atoms with E-state index in [1.807, 2.05) is 81.1 Å². The molecule has 0 saturated carbocycles. The van der Waals surface area contributed by atoms with Gasteiger partial charge in [-0.25, -0.2) is 5.01 Å². The van der Waals surface area contributed by atoms with Gasteiger partial charge in [-0.15, -0.1) is 0 Å². The van der Waals surface area contributed by atoms with Crippen molar-refractivity contribution in [3.05, 3.63) is 59.7 Å². The second-order valence-electron chi connectivity index (χ2n) is 9.48. The van der Waals surface area contributed by atoms with Gasteiger partial charge < -0.3 is 14.5 Å². The molecule has 1 saturated heterocycles. The number of anilines is 1. The minimum Gasteiger partial charge on any atom is -0.497 e. The predicted molar refractivity (Wildman–Crippen MR) is 139 cm³/mol. The van der Waals surface area contributed by atoms with Crippen LogP contribution in [0.5, 0.6) is 5.75 Å². The van der Waals surface area contributed by atoms with Crippen molar-refractivity contribution in [3.8, 4) is 5.75 Å². The Balaban J connectivity index is 1.49. The third kappa shape index (κ3) is 4.90. The number of amides is 2. The lowest BCUT2D eigenvalue weighted by Gasteiger charge is -2.41. The molecule has 2 aromatic rings. The van der Waals surface area contributed by atoms with Gasteiger partial charge in [0, 0.05) is 43.5 Å². The van der Waals surface area contributed by atoms with Crippen LogP contribution in [0.2, 0.25) is 0 Å². The fourth-order valence-electron chi connectivity index (χ4n) is 5.11. The summed E-state index contributed by atoms with van der Waals surface area (Å²) in [5, 5.41) is 6.12. The molecule has 7 nitrogen and oxygen atoms in total. The van der Waals surface area contributed by atoms with E-state index in [0.29, 0.717) is 19.5 Å². The molecule has 0 bridgehead atoms. The van der Waals surface area contributed by atoms with Gasteiger partial charge in [0.05, 0.1) is 13.0 Å². The van der Waals surface area contributed by atoms with Crippen molar-refractivity contribution in [2.75, 3.05) is 38.2 Å². The highest BCUT2D eigenvalue weighted by atomic mass is 16.5. The van der Waals surface area contributed by atoms with E-state index in [9.17, 15) is 9.59 Å². The van der Waals surface area contributed by atoms with Gasteiger partial charge in [-0.3, -0.25) is 9.59 Å². The molecule has 0 radical (unpaired) electrons. The average molecular weight is 477 g/mol. The lowest BCUT2D eigenvalue weighted by molar-refractivity contribution is -0.148. The van der Waals surface area contributed by atoms with Crippen molar-refractivity contribution in [2.24, 2.45) is 11.0 Å². The van der Waals surface area contributed by atoms with Crippen molar-refractivity contribution in [1.82, 2.24) is 9.91 Å². The number of benzene rings is 2. The normalized spacial score (nSPS) is 21.6. The highest BCUT2D eigenvalue weighted by Gasteiger charge is 2.42. The molecule has 186 valence electrons. The maximum Gasteiger partial charge on any atom is 0.251 e. The summed E-state index contributed by atoms with van der Waals surface area (Å²) in [5.41, 5.74) is 4.10. The molecule has 2 amide bonds. The Hall–Kier alpha value is -3.35. The number of carbonyl (C=O) groups excluding carboxylic acids is 2. The third-order valence-electron chi connectivity index (χ3n) is 7.44. The summed E-state index contributed by atoms with van der Waals surface area (Å²) in [6.07, 6.45) is 0.523. The summed E-state index contributed by atoms with van der Waals surface area (Å²) in [5.74, 6) is 0.371. The lowest BCUT2D eigenvalue weighted by atomic mass is 9.80. The number of aryl methyl sites for hydroxylation is 1. The zero-order valence-corrected chi connectivity index (χ0v) is 21.4. The maximum absolute atomic E-state index is 13.7. The quantitative estimate of drug-likeness (QED) is 0.631. The van der Waals surface area contributed by atoms with Crippen LogP contribution in [-0.4, -0.2) is 66.8 Å². The summed E-state index contributed by atoms with van der Waals surface area (Å²) in [7, 11) is 1.66. The second kappa shape index (κ2) is 10.5. The number of nitrogens with zero attached hydrogens (tertiary/aromatic N) is 4. The second-order valence-corrected chi connectivity index (χ2v) is 9.48. The molecule has 3 unspecified atom stereocenters. The van der Waals surface area contributed by atoms with Gasteiger partial charge in [-0.1, -0.05) is 38.1 Å². The van der Waals surface area contributed by atoms with E-state index in [1.54, 1.807) is 7.11 Å². The first-order chi connectivity index (χ1) is 16.8. The van der Waals surface area contributed by atoms with E-state index in [0.717, 1.165) is 41.4 Å². The first kappa shape index (κ1) is 24.8. The van der Waals surface area contributed by atoms with E-state index in [-0.39, 0.29) is 23.7 Å². The van der Waals surface area contributed by atoms with Gasteiger partial charge in [0.2, 0.25) is 5.91 Å². The SMILES string of the molecule is CCC(C(=O)N1CCN(c2ccc(OC)cc2)CC1)N1N=C(C)C(C)C(c2ccccc2C)C1=O. The summed E-state index contributed by atoms with van der Waals surface area (Å²) >= 11 is 0. The monoisotopic (exact) mass is 476 g/mol. The summed E-state index contributed by atoms with van der Waals surface area (Å²) in [6, 6.07) is 15.4. The first-order valence-electron chi connectivity index (χ1n) is 12.5. The van der Waals surface area contributed by atoms with Gasteiger partial charge in [-0.2, -0.15) is 5.10 Å². The number of ether oxygens (including phenoxy) is 1. The molecule has 35 heavy (non-hydrogen) atoms. The molecule has 4 rings (SSSR count). The van der Waals surface area contributed by atoms with Gasteiger partial charge in [-0.05, 0) is 55.7 Å². The van der Waals surface area contributed by atoms with Crippen LogP contribution < -0.4 is 9.64 Å². The van der Waals surface area contributed by atoms with Crippen LogP contribution in [0, 0.1) is 12.8 Å². The molecule has 0 spiro atoms. The van der Waals surface area contributed by atoms with Gasteiger partial charge in [0.15, 0.2) is 0 Å². The average Bonchev–Trinajstić information content (AvgIpc) is 2.88. The number of hydrogen-bond acceptors (Lipinski definition) is 5. The Morgan fingerprint density at radius 3 is 2.31 bits per heavy atom. The number of hydrazone groups is 1. The Morgan fingerprint density at radius 1 is 1.06 bits per heavy atom.